The molecule has 1 aromatic rings. The Morgan fingerprint density at radius 3 is 2.74 bits per heavy atom. The quantitative estimate of drug-likeness (QED) is 0.674. The number of carbonyl (C=O) groups excluding carboxylic acids is 1. The monoisotopic (exact) mass is 318 g/mol. The summed E-state index contributed by atoms with van der Waals surface area (Å²) in [5, 5.41) is 15.7. The molecule has 2 rings (SSSR count). The van der Waals surface area contributed by atoms with Crippen LogP contribution >= 0.6 is 0 Å². The van der Waals surface area contributed by atoms with E-state index in [2.05, 4.69) is 10.6 Å². The molecule has 0 bridgehead atoms. The lowest BCUT2D eigenvalue weighted by Gasteiger charge is -2.24. The van der Waals surface area contributed by atoms with Gasteiger partial charge in [-0.3, -0.25) is 14.9 Å². The van der Waals surface area contributed by atoms with E-state index in [4.69, 9.17) is 0 Å². The predicted octanol–water partition coefficient (Wildman–Crippen LogP) is 2.70. The van der Waals surface area contributed by atoms with Gasteiger partial charge in [0, 0.05) is 17.8 Å². The zero-order chi connectivity index (χ0) is 17.0. The highest BCUT2D eigenvalue weighted by molar-refractivity contribution is 6.00. The zero-order valence-corrected chi connectivity index (χ0v) is 14.1. The summed E-state index contributed by atoms with van der Waals surface area (Å²) in [4.78, 5) is 24.0. The molecule has 3 N–H and O–H groups in total. The van der Waals surface area contributed by atoms with E-state index in [1.807, 2.05) is 32.0 Å². The van der Waals surface area contributed by atoms with Gasteiger partial charge in [-0.05, 0) is 49.4 Å². The number of aliphatic carboxylic acids is 1. The third kappa shape index (κ3) is 4.10. The minimum atomic E-state index is -0.909. The highest BCUT2D eigenvalue weighted by Gasteiger charge is 2.28. The Morgan fingerprint density at radius 1 is 1.35 bits per heavy atom. The Hall–Kier alpha value is -1.88. The van der Waals surface area contributed by atoms with Crippen LogP contribution in [0.5, 0.6) is 0 Å². The second kappa shape index (κ2) is 7.59. The molecule has 0 radical (unpaired) electrons. The average Bonchev–Trinajstić information content (AvgIpc) is 2.57. The van der Waals surface area contributed by atoms with Crippen molar-refractivity contribution in [2.24, 2.45) is 5.92 Å². The van der Waals surface area contributed by atoms with Crippen molar-refractivity contribution in [1.82, 2.24) is 5.32 Å². The molecule has 1 aliphatic heterocycles. The highest BCUT2D eigenvalue weighted by atomic mass is 16.4. The first kappa shape index (κ1) is 17.5. The van der Waals surface area contributed by atoms with Gasteiger partial charge < -0.3 is 10.4 Å². The molecule has 3 atom stereocenters. The Labute approximate surface area is 137 Å². The highest BCUT2D eigenvalue weighted by Crippen LogP contribution is 2.23. The number of nitrogens with one attached hydrogen (secondary N) is 2. The molecule has 0 saturated heterocycles. The fourth-order valence-electron chi connectivity index (χ4n) is 2.94. The number of rotatable bonds is 7. The van der Waals surface area contributed by atoms with E-state index < -0.39 is 18.1 Å². The molecular weight excluding hydrogens is 292 g/mol. The molecule has 126 valence electrons. The summed E-state index contributed by atoms with van der Waals surface area (Å²) in [5.74, 6) is -1.00. The molecule has 1 heterocycles. The summed E-state index contributed by atoms with van der Waals surface area (Å²) in [5.41, 5.74) is 2.89. The standard InChI is InChI=1S/C18H26N2O3/c1-4-11(2)16(18(22)23)20-12(3)17(21)14-7-8-15-13(10-14)6-5-9-19-15/h7-8,10-12,16,19-20H,4-6,9H2,1-3H3,(H,22,23). The SMILES string of the molecule is CCC(C)C(NC(C)C(=O)c1ccc2c(c1)CCCN2)C(=O)O. The summed E-state index contributed by atoms with van der Waals surface area (Å²) in [6.07, 6.45) is 2.78. The number of anilines is 1. The number of hydrogen-bond donors (Lipinski definition) is 3. The number of ketones is 1. The minimum Gasteiger partial charge on any atom is -0.480 e. The molecule has 0 amide bonds. The van der Waals surface area contributed by atoms with Crippen LogP contribution in [0.25, 0.3) is 0 Å². The first-order chi connectivity index (χ1) is 10.9. The lowest BCUT2D eigenvalue weighted by molar-refractivity contribution is -0.141. The average molecular weight is 318 g/mol. The van der Waals surface area contributed by atoms with Gasteiger partial charge in [0.25, 0.3) is 0 Å². The summed E-state index contributed by atoms with van der Waals surface area (Å²) < 4.78 is 0. The van der Waals surface area contributed by atoms with Crippen molar-refractivity contribution in [3.63, 3.8) is 0 Å². The van der Waals surface area contributed by atoms with Gasteiger partial charge in [0.15, 0.2) is 5.78 Å². The van der Waals surface area contributed by atoms with Crippen LogP contribution in [-0.2, 0) is 11.2 Å². The van der Waals surface area contributed by atoms with E-state index in [0.29, 0.717) is 5.56 Å². The Kier molecular flexibility index (Phi) is 5.77. The number of carboxylic acids is 1. The van der Waals surface area contributed by atoms with Crippen molar-refractivity contribution < 1.29 is 14.7 Å². The van der Waals surface area contributed by atoms with Crippen LogP contribution in [0.15, 0.2) is 18.2 Å². The number of fused-ring (bicyclic) bond motifs is 1. The van der Waals surface area contributed by atoms with Crippen molar-refractivity contribution in [2.45, 2.75) is 52.1 Å². The topological polar surface area (TPSA) is 78.4 Å². The molecule has 0 spiro atoms. The minimum absolute atomic E-state index is 0.0320. The number of benzene rings is 1. The van der Waals surface area contributed by atoms with Gasteiger partial charge in [-0.25, -0.2) is 0 Å². The summed E-state index contributed by atoms with van der Waals surface area (Å²) in [6.45, 7) is 6.53. The first-order valence-corrected chi connectivity index (χ1v) is 8.34. The van der Waals surface area contributed by atoms with Crippen LogP contribution < -0.4 is 10.6 Å². The van der Waals surface area contributed by atoms with Gasteiger partial charge in [0.1, 0.15) is 6.04 Å². The molecule has 5 heteroatoms. The van der Waals surface area contributed by atoms with Crippen LogP contribution in [0.4, 0.5) is 5.69 Å². The molecule has 0 fully saturated rings. The van der Waals surface area contributed by atoms with Crippen LogP contribution in [0.2, 0.25) is 0 Å². The van der Waals surface area contributed by atoms with Gasteiger partial charge in [0.2, 0.25) is 0 Å². The molecule has 0 saturated carbocycles. The maximum atomic E-state index is 12.6. The number of hydrogen-bond acceptors (Lipinski definition) is 4. The third-order valence-corrected chi connectivity index (χ3v) is 4.63. The van der Waals surface area contributed by atoms with Crippen molar-refractivity contribution in [1.29, 1.82) is 0 Å². The number of Topliss-reactive ketones (excluding diaryl/α,β-unsaturated/α-hetero) is 1. The van der Waals surface area contributed by atoms with Gasteiger partial charge in [0.05, 0.1) is 6.04 Å². The van der Waals surface area contributed by atoms with Crippen molar-refractivity contribution in [3.8, 4) is 0 Å². The Bertz CT molecular complexity index is 586. The zero-order valence-electron chi connectivity index (χ0n) is 14.1. The van der Waals surface area contributed by atoms with Crippen molar-refractivity contribution in [3.05, 3.63) is 29.3 Å². The maximum absolute atomic E-state index is 12.6. The van der Waals surface area contributed by atoms with Crippen LogP contribution in [-0.4, -0.2) is 35.5 Å². The third-order valence-electron chi connectivity index (χ3n) is 4.63. The maximum Gasteiger partial charge on any atom is 0.320 e. The summed E-state index contributed by atoms with van der Waals surface area (Å²) >= 11 is 0. The second-order valence-corrected chi connectivity index (χ2v) is 6.36. The lowest BCUT2D eigenvalue weighted by Crippen LogP contribution is -2.48. The lowest BCUT2D eigenvalue weighted by atomic mass is 9.95. The van der Waals surface area contributed by atoms with Crippen LogP contribution in [0.1, 0.15) is 49.5 Å². The summed E-state index contributed by atoms with van der Waals surface area (Å²) in [7, 11) is 0. The van der Waals surface area contributed by atoms with E-state index in [-0.39, 0.29) is 11.7 Å². The predicted molar refractivity (Wildman–Crippen MR) is 91.1 cm³/mol. The van der Waals surface area contributed by atoms with Gasteiger partial charge in [-0.15, -0.1) is 0 Å². The molecule has 1 aromatic carbocycles. The molecule has 0 aliphatic carbocycles. The largest absolute Gasteiger partial charge is 0.480 e. The number of carboxylic acid groups (broad SMARTS) is 1. The van der Waals surface area contributed by atoms with E-state index in [1.54, 1.807) is 6.92 Å². The fourth-order valence-corrected chi connectivity index (χ4v) is 2.94. The van der Waals surface area contributed by atoms with E-state index >= 15 is 0 Å². The first-order valence-electron chi connectivity index (χ1n) is 8.34. The molecule has 23 heavy (non-hydrogen) atoms. The van der Waals surface area contributed by atoms with Gasteiger partial charge in [-0.1, -0.05) is 20.3 Å². The van der Waals surface area contributed by atoms with Crippen LogP contribution in [0, 0.1) is 5.92 Å². The molecule has 1 aliphatic rings. The number of aryl methyl sites for hydroxylation is 1. The van der Waals surface area contributed by atoms with E-state index in [9.17, 15) is 14.7 Å². The Morgan fingerprint density at radius 2 is 2.09 bits per heavy atom. The summed E-state index contributed by atoms with van der Waals surface area (Å²) in [6, 6.07) is 4.45. The number of carbonyl (C=O) groups is 2. The van der Waals surface area contributed by atoms with Gasteiger partial charge >= 0.3 is 5.97 Å². The normalized spacial score (nSPS) is 17.5. The fraction of sp³-hybridized carbons (Fsp3) is 0.556. The molecule has 3 unspecified atom stereocenters. The van der Waals surface area contributed by atoms with Crippen LogP contribution in [0.3, 0.4) is 0 Å². The van der Waals surface area contributed by atoms with Gasteiger partial charge in [-0.2, -0.15) is 0 Å². The molecular formula is C18H26N2O3. The molecule has 0 aromatic heterocycles. The smallest absolute Gasteiger partial charge is 0.320 e. The van der Waals surface area contributed by atoms with E-state index in [0.717, 1.165) is 37.1 Å². The molecule has 5 nitrogen and oxygen atoms in total. The van der Waals surface area contributed by atoms with Crippen molar-refractivity contribution in [2.75, 3.05) is 11.9 Å². The Balaban J connectivity index is 2.11. The second-order valence-electron chi connectivity index (χ2n) is 6.36. The van der Waals surface area contributed by atoms with Crippen molar-refractivity contribution >= 4 is 17.4 Å². The van der Waals surface area contributed by atoms with E-state index in [1.165, 1.54) is 0 Å².